The number of ether oxygens (including phenoxy) is 1. The predicted octanol–water partition coefficient (Wildman–Crippen LogP) is 3.69. The van der Waals surface area contributed by atoms with Gasteiger partial charge in [0.15, 0.2) is 0 Å². The fraction of sp³-hybridized carbons (Fsp3) is 0.250. The largest absolute Gasteiger partial charge is 0.376 e. The van der Waals surface area contributed by atoms with Crippen molar-refractivity contribution in [2.75, 3.05) is 18.5 Å². The van der Waals surface area contributed by atoms with Crippen LogP contribution in [0.2, 0.25) is 0 Å². The molecule has 1 aromatic carbocycles. The van der Waals surface area contributed by atoms with Crippen molar-refractivity contribution in [2.45, 2.75) is 25.5 Å². The van der Waals surface area contributed by atoms with Gasteiger partial charge in [-0.3, -0.25) is 18.9 Å². The van der Waals surface area contributed by atoms with Crippen LogP contribution in [-0.4, -0.2) is 43.8 Å². The van der Waals surface area contributed by atoms with Crippen molar-refractivity contribution >= 4 is 51.7 Å². The minimum Gasteiger partial charge on any atom is -0.376 e. The van der Waals surface area contributed by atoms with E-state index in [1.165, 1.54) is 16.2 Å². The van der Waals surface area contributed by atoms with Gasteiger partial charge in [0, 0.05) is 19.3 Å². The predicted molar refractivity (Wildman–Crippen MR) is 134 cm³/mol. The Kier molecular flexibility index (Phi) is 6.26. The molecular formula is C24H22N4O3S2. The minimum atomic E-state index is -0.247. The first kappa shape index (κ1) is 21.8. The molecule has 0 radical (unpaired) electrons. The molecule has 1 unspecified atom stereocenters. The van der Waals surface area contributed by atoms with Gasteiger partial charge in [0.05, 0.1) is 23.1 Å². The molecule has 1 amide bonds. The Morgan fingerprint density at radius 3 is 2.79 bits per heavy atom. The number of benzene rings is 1. The molecule has 168 valence electrons. The average molecular weight is 479 g/mol. The van der Waals surface area contributed by atoms with Gasteiger partial charge in [0.1, 0.15) is 15.8 Å². The topological polar surface area (TPSA) is 75.9 Å². The third-order valence-corrected chi connectivity index (χ3v) is 7.00. The third kappa shape index (κ3) is 4.57. The summed E-state index contributed by atoms with van der Waals surface area (Å²) in [5, 5.41) is 3.28. The first-order valence-corrected chi connectivity index (χ1v) is 12.0. The second-order valence-electron chi connectivity index (χ2n) is 7.88. The van der Waals surface area contributed by atoms with Crippen molar-refractivity contribution in [3.63, 3.8) is 0 Å². The quantitative estimate of drug-likeness (QED) is 0.428. The van der Waals surface area contributed by atoms with Crippen molar-refractivity contribution in [3.05, 3.63) is 81.1 Å². The summed E-state index contributed by atoms with van der Waals surface area (Å²) in [6.45, 7) is 1.68. The van der Waals surface area contributed by atoms with Crippen LogP contribution in [0.4, 0.5) is 5.82 Å². The van der Waals surface area contributed by atoms with Crippen molar-refractivity contribution in [2.24, 2.45) is 0 Å². The monoisotopic (exact) mass is 478 g/mol. The Bertz CT molecular complexity index is 1300. The van der Waals surface area contributed by atoms with Crippen molar-refractivity contribution in [1.82, 2.24) is 14.3 Å². The highest BCUT2D eigenvalue weighted by Gasteiger charge is 2.32. The second kappa shape index (κ2) is 9.46. The number of nitrogens with zero attached hydrogens (tertiary/aromatic N) is 3. The fourth-order valence-corrected chi connectivity index (χ4v) is 5.15. The van der Waals surface area contributed by atoms with E-state index in [9.17, 15) is 9.59 Å². The molecule has 0 saturated carbocycles. The zero-order valence-corrected chi connectivity index (χ0v) is 19.4. The van der Waals surface area contributed by atoms with Crippen molar-refractivity contribution < 1.29 is 9.53 Å². The van der Waals surface area contributed by atoms with E-state index in [0.717, 1.165) is 25.0 Å². The average Bonchev–Trinajstić information content (AvgIpc) is 3.44. The highest BCUT2D eigenvalue weighted by atomic mass is 32.2. The maximum absolute atomic E-state index is 13.3. The summed E-state index contributed by atoms with van der Waals surface area (Å²) < 4.78 is 7.65. The van der Waals surface area contributed by atoms with E-state index < -0.39 is 0 Å². The molecule has 0 aliphatic carbocycles. The van der Waals surface area contributed by atoms with Crippen LogP contribution in [0.3, 0.4) is 0 Å². The van der Waals surface area contributed by atoms with Gasteiger partial charge in [-0.05, 0) is 36.6 Å². The summed E-state index contributed by atoms with van der Waals surface area (Å²) in [6, 6.07) is 15.1. The van der Waals surface area contributed by atoms with Gasteiger partial charge in [-0.2, -0.15) is 0 Å². The van der Waals surface area contributed by atoms with Crippen LogP contribution in [0.25, 0.3) is 11.7 Å². The number of hydrogen-bond acceptors (Lipinski definition) is 7. The fourth-order valence-electron chi connectivity index (χ4n) is 3.92. The third-order valence-electron chi connectivity index (χ3n) is 5.62. The van der Waals surface area contributed by atoms with E-state index in [-0.39, 0.29) is 17.6 Å². The summed E-state index contributed by atoms with van der Waals surface area (Å²) in [7, 11) is 0. The van der Waals surface area contributed by atoms with Crippen LogP contribution in [0, 0.1) is 0 Å². The number of fused-ring (bicyclic) bond motifs is 1. The molecular weight excluding hydrogens is 456 g/mol. The zero-order chi connectivity index (χ0) is 22.8. The number of rotatable bonds is 6. The molecule has 2 saturated heterocycles. The number of aromatic nitrogens is 2. The highest BCUT2D eigenvalue weighted by Crippen LogP contribution is 2.34. The lowest BCUT2D eigenvalue weighted by Gasteiger charge is -2.15. The lowest BCUT2D eigenvalue weighted by atomic mass is 10.2. The maximum atomic E-state index is 13.3. The van der Waals surface area contributed by atoms with Crippen molar-refractivity contribution in [1.29, 1.82) is 0 Å². The number of thioether (sulfide) groups is 1. The first-order chi connectivity index (χ1) is 16.1. The molecule has 33 heavy (non-hydrogen) atoms. The summed E-state index contributed by atoms with van der Waals surface area (Å²) in [4.78, 5) is 33.1. The Morgan fingerprint density at radius 2 is 2.00 bits per heavy atom. The van der Waals surface area contributed by atoms with Crippen LogP contribution in [-0.2, 0) is 16.1 Å². The Morgan fingerprint density at radius 1 is 1.18 bits per heavy atom. The van der Waals surface area contributed by atoms with Crippen LogP contribution >= 0.6 is 24.0 Å². The van der Waals surface area contributed by atoms with E-state index in [1.807, 2.05) is 36.4 Å². The van der Waals surface area contributed by atoms with E-state index in [1.54, 1.807) is 29.3 Å². The van der Waals surface area contributed by atoms with Gasteiger partial charge in [0.25, 0.3) is 11.5 Å². The number of carbonyl (C=O) groups is 1. The lowest BCUT2D eigenvalue weighted by Crippen LogP contribution is -2.27. The summed E-state index contributed by atoms with van der Waals surface area (Å²) >= 11 is 6.68. The van der Waals surface area contributed by atoms with E-state index in [0.29, 0.717) is 39.3 Å². The molecule has 2 aromatic heterocycles. The zero-order valence-electron chi connectivity index (χ0n) is 17.8. The molecule has 2 fully saturated rings. The summed E-state index contributed by atoms with van der Waals surface area (Å²) in [5.41, 5.74) is 1.60. The molecule has 2 aliphatic heterocycles. The highest BCUT2D eigenvalue weighted by molar-refractivity contribution is 8.26. The first-order valence-electron chi connectivity index (χ1n) is 10.8. The molecule has 0 spiro atoms. The van der Waals surface area contributed by atoms with Crippen LogP contribution in [0.5, 0.6) is 0 Å². The summed E-state index contributed by atoms with van der Waals surface area (Å²) in [6.07, 6.45) is 5.35. The Hall–Kier alpha value is -3.01. The molecule has 7 nitrogen and oxygen atoms in total. The van der Waals surface area contributed by atoms with Crippen LogP contribution in [0.15, 0.2) is 64.4 Å². The van der Waals surface area contributed by atoms with Gasteiger partial charge in [-0.1, -0.05) is 60.4 Å². The van der Waals surface area contributed by atoms with E-state index in [2.05, 4.69) is 10.3 Å². The standard InChI is InChI=1S/C24H22N4O3S2/c29-22-18(13-19-23(30)28(24(32)33-19)15-16-7-2-1-3-8-16)21(25-14-17-9-6-12-31-17)26-20-10-4-5-11-27(20)22/h1-5,7-8,10-11,13,17,25H,6,9,12,14-15H2. The molecule has 4 heterocycles. The normalized spacial score (nSPS) is 19.7. The number of amides is 1. The number of nitrogens with one attached hydrogen (secondary N) is 1. The number of anilines is 1. The second-order valence-corrected chi connectivity index (χ2v) is 9.55. The van der Waals surface area contributed by atoms with Gasteiger partial charge in [-0.15, -0.1) is 0 Å². The molecule has 5 rings (SSSR count). The molecule has 9 heteroatoms. The maximum Gasteiger partial charge on any atom is 0.267 e. The van der Waals surface area contributed by atoms with Crippen molar-refractivity contribution in [3.8, 4) is 0 Å². The number of hydrogen-bond donors (Lipinski definition) is 1. The number of thiocarbonyl (C=S) groups is 1. The van der Waals surface area contributed by atoms with Gasteiger partial charge in [0.2, 0.25) is 0 Å². The van der Waals surface area contributed by atoms with E-state index >= 15 is 0 Å². The molecule has 1 atom stereocenters. The lowest BCUT2D eigenvalue weighted by molar-refractivity contribution is -0.122. The summed E-state index contributed by atoms with van der Waals surface area (Å²) in [5.74, 6) is 0.228. The van der Waals surface area contributed by atoms with Gasteiger partial charge in [-0.25, -0.2) is 4.98 Å². The Balaban J connectivity index is 1.49. The SMILES string of the molecule is O=C1C(=Cc2c(NCC3CCCO3)nc3ccccn3c2=O)SC(=S)N1Cc1ccccc1. The van der Waals surface area contributed by atoms with Gasteiger partial charge >= 0.3 is 0 Å². The smallest absolute Gasteiger partial charge is 0.267 e. The van der Waals surface area contributed by atoms with Crippen LogP contribution < -0.4 is 10.9 Å². The minimum absolute atomic E-state index is 0.0814. The molecule has 3 aromatic rings. The number of pyridine rings is 1. The van der Waals surface area contributed by atoms with E-state index in [4.69, 9.17) is 17.0 Å². The van der Waals surface area contributed by atoms with Gasteiger partial charge < -0.3 is 10.1 Å². The Labute approximate surface area is 200 Å². The molecule has 0 bridgehead atoms. The molecule has 1 N–H and O–H groups in total. The number of carbonyl (C=O) groups excluding carboxylic acids is 1. The molecule has 2 aliphatic rings. The van der Waals surface area contributed by atoms with Crippen LogP contribution in [0.1, 0.15) is 24.0 Å².